The van der Waals surface area contributed by atoms with E-state index in [1.807, 2.05) is 46.1 Å². The highest BCUT2D eigenvalue weighted by Gasteiger charge is 2.24. The van der Waals surface area contributed by atoms with Crippen LogP contribution in [0.2, 0.25) is 0 Å². The van der Waals surface area contributed by atoms with Crippen molar-refractivity contribution in [3.63, 3.8) is 0 Å². The zero-order valence-corrected chi connectivity index (χ0v) is 17.2. The fraction of sp³-hybridized carbons (Fsp3) is 0.435. The van der Waals surface area contributed by atoms with Crippen LogP contribution < -0.4 is 0 Å². The van der Waals surface area contributed by atoms with Gasteiger partial charge in [-0.3, -0.25) is 4.79 Å². The van der Waals surface area contributed by atoms with Crippen LogP contribution in [0, 0.1) is 5.92 Å². The number of nitrogens with zero attached hydrogens (tertiary/aromatic N) is 5. The topological polar surface area (TPSA) is 56.0 Å². The van der Waals surface area contributed by atoms with E-state index in [0.29, 0.717) is 11.8 Å². The van der Waals surface area contributed by atoms with Crippen LogP contribution in [0.4, 0.5) is 0 Å². The molecule has 3 heterocycles. The third-order valence-electron chi connectivity index (χ3n) is 5.75. The molecule has 1 saturated heterocycles. The van der Waals surface area contributed by atoms with E-state index in [9.17, 15) is 4.79 Å². The Morgan fingerprint density at radius 2 is 1.86 bits per heavy atom. The number of amides is 1. The first-order chi connectivity index (χ1) is 14.1. The van der Waals surface area contributed by atoms with Gasteiger partial charge in [-0.2, -0.15) is 0 Å². The van der Waals surface area contributed by atoms with Crippen molar-refractivity contribution in [2.24, 2.45) is 5.92 Å². The zero-order valence-electron chi connectivity index (χ0n) is 17.2. The van der Waals surface area contributed by atoms with Crippen LogP contribution >= 0.6 is 0 Å². The molecule has 1 amide bonds. The molecular weight excluding hydrogens is 362 g/mol. The molecule has 6 heteroatoms. The summed E-state index contributed by atoms with van der Waals surface area (Å²) < 4.78 is 4.30. The number of hydrogen-bond acceptors (Lipinski definition) is 3. The summed E-state index contributed by atoms with van der Waals surface area (Å²) in [7, 11) is 0. The summed E-state index contributed by atoms with van der Waals surface area (Å²) >= 11 is 0. The van der Waals surface area contributed by atoms with E-state index in [1.54, 1.807) is 12.5 Å². The summed E-state index contributed by atoms with van der Waals surface area (Å²) in [6, 6.07) is 7.96. The number of carbonyl (C=O) groups is 1. The predicted molar refractivity (Wildman–Crippen MR) is 113 cm³/mol. The molecule has 0 unspecified atom stereocenters. The predicted octanol–water partition coefficient (Wildman–Crippen LogP) is 3.80. The van der Waals surface area contributed by atoms with Gasteiger partial charge in [-0.15, -0.1) is 0 Å². The highest BCUT2D eigenvalue weighted by molar-refractivity contribution is 5.94. The molecule has 4 rings (SSSR count). The molecule has 1 aliphatic rings. The Morgan fingerprint density at radius 1 is 1.10 bits per heavy atom. The second kappa shape index (κ2) is 8.64. The molecule has 0 saturated carbocycles. The van der Waals surface area contributed by atoms with Gasteiger partial charge in [-0.1, -0.05) is 26.0 Å². The van der Waals surface area contributed by atoms with Gasteiger partial charge in [0, 0.05) is 62.4 Å². The molecular formula is C23H29N5O. The van der Waals surface area contributed by atoms with E-state index in [2.05, 4.69) is 34.6 Å². The summed E-state index contributed by atoms with van der Waals surface area (Å²) in [5, 5.41) is 0. The van der Waals surface area contributed by atoms with Gasteiger partial charge in [0.25, 0.3) is 5.91 Å². The van der Waals surface area contributed by atoms with Crippen molar-refractivity contribution in [2.75, 3.05) is 13.1 Å². The zero-order chi connectivity index (χ0) is 20.2. The monoisotopic (exact) mass is 391 g/mol. The van der Waals surface area contributed by atoms with E-state index in [0.717, 1.165) is 50.4 Å². The van der Waals surface area contributed by atoms with Crippen LogP contribution in [-0.4, -0.2) is 43.0 Å². The van der Waals surface area contributed by atoms with Crippen molar-refractivity contribution >= 4 is 5.91 Å². The molecule has 0 aliphatic carbocycles. The van der Waals surface area contributed by atoms with Gasteiger partial charge in [0.15, 0.2) is 0 Å². The Balaban J connectivity index is 1.31. The van der Waals surface area contributed by atoms with Crippen molar-refractivity contribution in [1.29, 1.82) is 0 Å². The van der Waals surface area contributed by atoms with Crippen molar-refractivity contribution in [2.45, 2.75) is 45.7 Å². The van der Waals surface area contributed by atoms with Crippen LogP contribution in [0.5, 0.6) is 0 Å². The van der Waals surface area contributed by atoms with Crippen molar-refractivity contribution in [3.8, 4) is 0 Å². The second-order valence-electron chi connectivity index (χ2n) is 8.26. The van der Waals surface area contributed by atoms with Gasteiger partial charge in [0.2, 0.25) is 0 Å². The van der Waals surface area contributed by atoms with Crippen LogP contribution in [0.25, 0.3) is 0 Å². The Morgan fingerprint density at radius 3 is 2.52 bits per heavy atom. The minimum atomic E-state index is 0.142. The lowest BCUT2D eigenvalue weighted by atomic mass is 9.96. The van der Waals surface area contributed by atoms with E-state index < -0.39 is 0 Å². The largest absolute Gasteiger partial charge is 0.339 e. The summed E-state index contributed by atoms with van der Waals surface area (Å²) in [6.45, 7) is 7.78. The second-order valence-corrected chi connectivity index (χ2v) is 8.26. The molecule has 0 spiro atoms. The fourth-order valence-corrected chi connectivity index (χ4v) is 4.10. The first kappa shape index (κ1) is 19.4. The lowest BCUT2D eigenvalue weighted by Gasteiger charge is -2.32. The molecule has 2 aromatic heterocycles. The smallest absolute Gasteiger partial charge is 0.253 e. The van der Waals surface area contributed by atoms with E-state index >= 15 is 0 Å². The van der Waals surface area contributed by atoms with Crippen molar-refractivity contribution < 1.29 is 4.79 Å². The van der Waals surface area contributed by atoms with Gasteiger partial charge in [0.1, 0.15) is 5.82 Å². The van der Waals surface area contributed by atoms with Crippen molar-refractivity contribution in [1.82, 2.24) is 24.0 Å². The molecule has 3 aromatic rings. The van der Waals surface area contributed by atoms with Gasteiger partial charge >= 0.3 is 0 Å². The summed E-state index contributed by atoms with van der Waals surface area (Å²) in [5.41, 5.74) is 1.94. The molecule has 0 atom stereocenters. The number of carbonyl (C=O) groups excluding carboxylic acids is 1. The Bertz CT molecular complexity index is 919. The van der Waals surface area contributed by atoms with Gasteiger partial charge in [-0.25, -0.2) is 9.97 Å². The standard InChI is InChI=1S/C23H29N5O/c1-18(2)22-25-10-14-28(22)16-20-7-11-27(12-8-20)23(29)21-5-3-19(4-6-21)15-26-13-9-24-17-26/h3-6,9-10,13-14,17-18,20H,7-8,11-12,15-16H2,1-2H3. The molecule has 1 aliphatic heterocycles. The minimum absolute atomic E-state index is 0.142. The van der Waals surface area contributed by atoms with Gasteiger partial charge in [-0.05, 0) is 36.5 Å². The summed E-state index contributed by atoms with van der Waals surface area (Å²) in [4.78, 5) is 23.4. The van der Waals surface area contributed by atoms with Crippen molar-refractivity contribution in [3.05, 3.63) is 72.3 Å². The fourth-order valence-electron chi connectivity index (χ4n) is 4.10. The Labute approximate surface area is 172 Å². The van der Waals surface area contributed by atoms with E-state index in [4.69, 9.17) is 0 Å². The number of benzene rings is 1. The van der Waals surface area contributed by atoms with Crippen LogP contribution in [0.15, 0.2) is 55.4 Å². The highest BCUT2D eigenvalue weighted by Crippen LogP contribution is 2.23. The average Bonchev–Trinajstić information content (AvgIpc) is 3.41. The number of aromatic nitrogens is 4. The van der Waals surface area contributed by atoms with Crippen LogP contribution in [0.1, 0.15) is 54.4 Å². The summed E-state index contributed by atoms with van der Waals surface area (Å²) in [5.74, 6) is 2.33. The maximum Gasteiger partial charge on any atom is 0.253 e. The molecule has 0 N–H and O–H groups in total. The molecule has 152 valence electrons. The summed E-state index contributed by atoms with van der Waals surface area (Å²) in [6.07, 6.45) is 11.6. The maximum absolute atomic E-state index is 12.9. The molecule has 1 aromatic carbocycles. The lowest BCUT2D eigenvalue weighted by Crippen LogP contribution is -2.39. The minimum Gasteiger partial charge on any atom is -0.339 e. The number of piperidine rings is 1. The molecule has 6 nitrogen and oxygen atoms in total. The Kier molecular flexibility index (Phi) is 5.79. The maximum atomic E-state index is 12.9. The average molecular weight is 392 g/mol. The van der Waals surface area contributed by atoms with E-state index in [1.165, 1.54) is 5.56 Å². The lowest BCUT2D eigenvalue weighted by molar-refractivity contribution is 0.0682. The number of likely N-dealkylation sites (tertiary alicyclic amines) is 1. The highest BCUT2D eigenvalue weighted by atomic mass is 16.2. The third kappa shape index (κ3) is 4.58. The molecule has 29 heavy (non-hydrogen) atoms. The number of imidazole rings is 2. The van der Waals surface area contributed by atoms with Gasteiger partial charge < -0.3 is 14.0 Å². The third-order valence-corrected chi connectivity index (χ3v) is 5.75. The SMILES string of the molecule is CC(C)c1nccn1CC1CCN(C(=O)c2ccc(Cn3ccnc3)cc2)CC1. The Hall–Kier alpha value is -2.89. The van der Waals surface area contributed by atoms with Crippen LogP contribution in [0.3, 0.4) is 0 Å². The first-order valence-electron chi connectivity index (χ1n) is 10.4. The van der Waals surface area contributed by atoms with Gasteiger partial charge in [0.05, 0.1) is 6.33 Å². The van der Waals surface area contributed by atoms with Crippen LogP contribution in [-0.2, 0) is 13.1 Å². The molecule has 0 radical (unpaired) electrons. The number of rotatable bonds is 6. The molecule has 0 bridgehead atoms. The quantitative estimate of drug-likeness (QED) is 0.642. The number of hydrogen-bond donors (Lipinski definition) is 0. The van der Waals surface area contributed by atoms with E-state index in [-0.39, 0.29) is 5.91 Å². The molecule has 1 fully saturated rings. The first-order valence-corrected chi connectivity index (χ1v) is 10.4. The normalized spacial score (nSPS) is 15.2.